The van der Waals surface area contributed by atoms with Crippen LogP contribution >= 0.6 is 0 Å². The molecular formula is C15H21NO4. The molecule has 1 heterocycles. The molecule has 0 spiro atoms. The maximum atomic E-state index is 12.2. The summed E-state index contributed by atoms with van der Waals surface area (Å²) in [6.07, 6.45) is 3.06. The zero-order valence-electron chi connectivity index (χ0n) is 11.7. The Labute approximate surface area is 118 Å². The number of amides is 1. The smallest absolute Gasteiger partial charge is 0.253 e. The Morgan fingerprint density at radius 1 is 1.25 bits per heavy atom. The van der Waals surface area contributed by atoms with E-state index < -0.39 is 0 Å². The Kier molecular flexibility index (Phi) is 4.84. The van der Waals surface area contributed by atoms with Gasteiger partial charge in [0.05, 0.1) is 0 Å². The number of ether oxygens (including phenoxy) is 1. The first-order valence-corrected chi connectivity index (χ1v) is 6.92. The van der Waals surface area contributed by atoms with Crippen LogP contribution < -0.4 is 0 Å². The maximum absolute atomic E-state index is 12.2. The predicted molar refractivity (Wildman–Crippen MR) is 74.9 cm³/mol. The van der Waals surface area contributed by atoms with Crippen molar-refractivity contribution in [3.63, 3.8) is 0 Å². The summed E-state index contributed by atoms with van der Waals surface area (Å²) in [4.78, 5) is 13.8. The van der Waals surface area contributed by atoms with Gasteiger partial charge < -0.3 is 19.8 Å². The van der Waals surface area contributed by atoms with Crippen molar-refractivity contribution in [2.24, 2.45) is 5.92 Å². The molecule has 2 N–H and O–H groups in total. The van der Waals surface area contributed by atoms with Crippen LogP contribution in [0.3, 0.4) is 0 Å². The van der Waals surface area contributed by atoms with E-state index in [1.165, 1.54) is 18.2 Å². The number of phenolic OH excluding ortho intramolecular Hbond substituents is 2. The van der Waals surface area contributed by atoms with Crippen molar-refractivity contribution in [1.29, 1.82) is 0 Å². The van der Waals surface area contributed by atoms with Crippen LogP contribution in [0.2, 0.25) is 0 Å². The molecule has 0 aromatic heterocycles. The second-order valence-corrected chi connectivity index (χ2v) is 5.31. The SMILES string of the molecule is CN(CCC1CCOCC1)C(=O)c1cc(O)cc(O)c1. The van der Waals surface area contributed by atoms with Gasteiger partial charge in [-0.3, -0.25) is 4.79 Å². The van der Waals surface area contributed by atoms with Crippen molar-refractivity contribution >= 4 is 5.91 Å². The van der Waals surface area contributed by atoms with Crippen LogP contribution in [0.25, 0.3) is 0 Å². The van der Waals surface area contributed by atoms with Gasteiger partial charge in [0.1, 0.15) is 11.5 Å². The Balaban J connectivity index is 1.90. The second kappa shape index (κ2) is 6.61. The molecule has 0 atom stereocenters. The van der Waals surface area contributed by atoms with Crippen molar-refractivity contribution in [3.8, 4) is 11.5 Å². The molecule has 110 valence electrons. The Morgan fingerprint density at radius 3 is 2.45 bits per heavy atom. The lowest BCUT2D eigenvalue weighted by Crippen LogP contribution is -2.30. The van der Waals surface area contributed by atoms with Gasteiger partial charge in [-0.25, -0.2) is 0 Å². The molecule has 2 rings (SSSR count). The van der Waals surface area contributed by atoms with Crippen LogP contribution in [0.1, 0.15) is 29.6 Å². The third-order valence-electron chi connectivity index (χ3n) is 3.71. The van der Waals surface area contributed by atoms with Gasteiger partial charge in [-0.2, -0.15) is 0 Å². The molecule has 1 aliphatic rings. The summed E-state index contributed by atoms with van der Waals surface area (Å²) in [7, 11) is 1.74. The average molecular weight is 279 g/mol. The van der Waals surface area contributed by atoms with Gasteiger partial charge in [0.2, 0.25) is 0 Å². The van der Waals surface area contributed by atoms with Gasteiger partial charge in [-0.1, -0.05) is 0 Å². The topological polar surface area (TPSA) is 70.0 Å². The number of benzene rings is 1. The fraction of sp³-hybridized carbons (Fsp3) is 0.533. The quantitative estimate of drug-likeness (QED) is 0.884. The summed E-state index contributed by atoms with van der Waals surface area (Å²) in [5.41, 5.74) is 0.303. The molecule has 1 aliphatic heterocycles. The summed E-state index contributed by atoms with van der Waals surface area (Å²) >= 11 is 0. The minimum absolute atomic E-state index is 0.105. The Morgan fingerprint density at radius 2 is 1.85 bits per heavy atom. The number of hydrogen-bond acceptors (Lipinski definition) is 4. The molecule has 0 unspecified atom stereocenters. The van der Waals surface area contributed by atoms with Gasteiger partial charge >= 0.3 is 0 Å². The van der Waals surface area contributed by atoms with E-state index in [2.05, 4.69) is 0 Å². The number of carbonyl (C=O) groups is 1. The first-order valence-electron chi connectivity index (χ1n) is 6.92. The van der Waals surface area contributed by atoms with Gasteiger partial charge in [-0.05, 0) is 37.3 Å². The van der Waals surface area contributed by atoms with Gasteiger partial charge in [0, 0.05) is 38.4 Å². The highest BCUT2D eigenvalue weighted by Gasteiger charge is 2.17. The molecular weight excluding hydrogens is 258 g/mol. The van der Waals surface area contributed by atoms with Crippen LogP contribution in [-0.4, -0.2) is 47.8 Å². The van der Waals surface area contributed by atoms with Crippen molar-refractivity contribution in [1.82, 2.24) is 4.90 Å². The van der Waals surface area contributed by atoms with E-state index in [0.29, 0.717) is 18.0 Å². The lowest BCUT2D eigenvalue weighted by atomic mass is 9.96. The van der Waals surface area contributed by atoms with E-state index in [1.807, 2.05) is 0 Å². The van der Waals surface area contributed by atoms with E-state index in [9.17, 15) is 15.0 Å². The van der Waals surface area contributed by atoms with Crippen LogP contribution in [0.15, 0.2) is 18.2 Å². The minimum Gasteiger partial charge on any atom is -0.508 e. The summed E-state index contributed by atoms with van der Waals surface area (Å²) < 4.78 is 5.31. The highest BCUT2D eigenvalue weighted by atomic mass is 16.5. The summed E-state index contributed by atoms with van der Waals surface area (Å²) in [5.74, 6) is 0.206. The molecule has 0 bridgehead atoms. The molecule has 5 nitrogen and oxygen atoms in total. The van der Waals surface area contributed by atoms with E-state index in [-0.39, 0.29) is 17.4 Å². The summed E-state index contributed by atoms with van der Waals surface area (Å²) in [5, 5.41) is 18.8. The molecule has 1 amide bonds. The Hall–Kier alpha value is -1.75. The molecule has 5 heteroatoms. The van der Waals surface area contributed by atoms with Crippen LogP contribution in [0, 0.1) is 5.92 Å². The van der Waals surface area contributed by atoms with Crippen LogP contribution in [-0.2, 0) is 4.74 Å². The molecule has 1 fully saturated rings. The largest absolute Gasteiger partial charge is 0.508 e. The zero-order valence-corrected chi connectivity index (χ0v) is 11.7. The van der Waals surface area contributed by atoms with Gasteiger partial charge in [0.15, 0.2) is 0 Å². The van der Waals surface area contributed by atoms with Crippen molar-refractivity contribution in [2.45, 2.75) is 19.3 Å². The molecule has 1 aromatic carbocycles. The third-order valence-corrected chi connectivity index (χ3v) is 3.71. The fourth-order valence-electron chi connectivity index (χ4n) is 2.45. The molecule has 20 heavy (non-hydrogen) atoms. The van der Waals surface area contributed by atoms with Crippen LogP contribution in [0.4, 0.5) is 0 Å². The molecule has 1 aromatic rings. The van der Waals surface area contributed by atoms with Crippen LogP contribution in [0.5, 0.6) is 11.5 Å². The number of nitrogens with zero attached hydrogens (tertiary/aromatic N) is 1. The van der Waals surface area contributed by atoms with Crippen molar-refractivity contribution < 1.29 is 19.7 Å². The lowest BCUT2D eigenvalue weighted by molar-refractivity contribution is 0.0583. The van der Waals surface area contributed by atoms with E-state index in [0.717, 1.165) is 32.5 Å². The van der Waals surface area contributed by atoms with Crippen molar-refractivity contribution in [2.75, 3.05) is 26.8 Å². The number of rotatable bonds is 4. The first-order chi connectivity index (χ1) is 9.56. The monoisotopic (exact) mass is 279 g/mol. The van der Waals surface area contributed by atoms with E-state index in [4.69, 9.17) is 4.74 Å². The molecule has 0 aliphatic carbocycles. The summed E-state index contributed by atoms with van der Waals surface area (Å²) in [6.45, 7) is 2.28. The highest BCUT2D eigenvalue weighted by molar-refractivity contribution is 5.94. The minimum atomic E-state index is -0.191. The standard InChI is InChI=1S/C15H21NO4/c1-16(5-2-11-3-6-20-7-4-11)15(19)12-8-13(17)10-14(18)9-12/h8-11,17-18H,2-7H2,1H3. The first kappa shape index (κ1) is 14.7. The lowest BCUT2D eigenvalue weighted by Gasteiger charge is -2.25. The predicted octanol–water partition coefficient (Wildman–Crippen LogP) is 1.99. The number of carbonyl (C=O) groups excluding carboxylic acids is 1. The fourth-order valence-corrected chi connectivity index (χ4v) is 2.45. The number of hydrogen-bond donors (Lipinski definition) is 2. The normalized spacial score (nSPS) is 16.1. The zero-order chi connectivity index (χ0) is 14.5. The van der Waals surface area contributed by atoms with E-state index in [1.54, 1.807) is 11.9 Å². The maximum Gasteiger partial charge on any atom is 0.253 e. The highest BCUT2D eigenvalue weighted by Crippen LogP contribution is 2.22. The molecule has 1 saturated heterocycles. The Bertz CT molecular complexity index is 449. The number of phenols is 2. The third kappa shape index (κ3) is 3.87. The number of aromatic hydroxyl groups is 2. The van der Waals surface area contributed by atoms with Crippen molar-refractivity contribution in [3.05, 3.63) is 23.8 Å². The van der Waals surface area contributed by atoms with Gasteiger partial charge in [-0.15, -0.1) is 0 Å². The second-order valence-electron chi connectivity index (χ2n) is 5.31. The average Bonchev–Trinajstić information content (AvgIpc) is 2.44. The van der Waals surface area contributed by atoms with E-state index >= 15 is 0 Å². The molecule has 0 radical (unpaired) electrons. The summed E-state index contributed by atoms with van der Waals surface area (Å²) in [6, 6.07) is 3.94. The van der Waals surface area contributed by atoms with Gasteiger partial charge in [0.25, 0.3) is 5.91 Å². The molecule has 0 saturated carbocycles.